The van der Waals surface area contributed by atoms with E-state index in [9.17, 15) is 20.1 Å². The third kappa shape index (κ3) is 31.7. The highest BCUT2D eigenvalue weighted by Gasteiger charge is 2.26. The van der Waals surface area contributed by atoms with Gasteiger partial charge in [-0.2, -0.15) is 0 Å². The molecule has 0 saturated heterocycles. The standard InChI is InChI=1S/C41H81NO4/c1-3-5-7-9-11-13-15-17-19-20-22-24-26-28-30-32-34-36-40(45)42-38(37-43)41(46)39(44)35-33-31-29-27-25-23-21-18-16-14-12-10-8-6-4-2/h17,19,38-39,41,43-44,46H,3-16,18,20-37H2,1-2H3,(H,42,45)/b19-17-. The molecule has 0 aromatic carbocycles. The lowest BCUT2D eigenvalue weighted by atomic mass is 9.99. The number of hydrogen-bond acceptors (Lipinski definition) is 4. The Labute approximate surface area is 287 Å². The van der Waals surface area contributed by atoms with Crippen LogP contribution in [0.25, 0.3) is 0 Å². The van der Waals surface area contributed by atoms with Crippen LogP contribution in [0, 0.1) is 0 Å². The molecule has 46 heavy (non-hydrogen) atoms. The van der Waals surface area contributed by atoms with Gasteiger partial charge in [-0.15, -0.1) is 0 Å². The Morgan fingerprint density at radius 2 is 0.870 bits per heavy atom. The van der Waals surface area contributed by atoms with Gasteiger partial charge in [0.15, 0.2) is 0 Å². The van der Waals surface area contributed by atoms with Crippen molar-refractivity contribution < 1.29 is 20.1 Å². The molecule has 5 nitrogen and oxygen atoms in total. The van der Waals surface area contributed by atoms with Gasteiger partial charge in [-0.25, -0.2) is 0 Å². The van der Waals surface area contributed by atoms with Crippen molar-refractivity contribution in [3.8, 4) is 0 Å². The summed E-state index contributed by atoms with van der Waals surface area (Å²) in [4.78, 5) is 12.4. The zero-order chi connectivity index (χ0) is 33.8. The average molecular weight is 652 g/mol. The van der Waals surface area contributed by atoms with Crippen molar-refractivity contribution in [1.29, 1.82) is 0 Å². The molecule has 3 unspecified atom stereocenters. The molecule has 0 aromatic rings. The minimum Gasteiger partial charge on any atom is -0.394 e. The zero-order valence-electron chi connectivity index (χ0n) is 31.0. The minimum atomic E-state index is -1.13. The lowest BCUT2D eigenvalue weighted by molar-refractivity contribution is -0.124. The Morgan fingerprint density at radius 3 is 1.26 bits per heavy atom. The quantitative estimate of drug-likeness (QED) is 0.0397. The fourth-order valence-electron chi connectivity index (χ4n) is 6.39. The molecule has 0 radical (unpaired) electrons. The van der Waals surface area contributed by atoms with E-state index in [0.29, 0.717) is 12.8 Å². The van der Waals surface area contributed by atoms with E-state index in [2.05, 4.69) is 31.3 Å². The SMILES string of the molecule is CCCCCCCC/C=C\CCCCCCCCCC(=O)NC(CO)C(O)C(O)CCCCCCCCCCCCCCCCC. The number of aliphatic hydroxyl groups is 3. The molecule has 5 heteroatoms. The summed E-state index contributed by atoms with van der Waals surface area (Å²) < 4.78 is 0. The van der Waals surface area contributed by atoms with Gasteiger partial charge >= 0.3 is 0 Å². The number of allylic oxidation sites excluding steroid dienone is 2. The van der Waals surface area contributed by atoms with E-state index in [1.165, 1.54) is 154 Å². The summed E-state index contributed by atoms with van der Waals surface area (Å²) in [5.74, 6) is -0.148. The number of amides is 1. The predicted molar refractivity (Wildman–Crippen MR) is 199 cm³/mol. The van der Waals surface area contributed by atoms with Crippen molar-refractivity contribution in [2.24, 2.45) is 0 Å². The van der Waals surface area contributed by atoms with Crippen LogP contribution >= 0.6 is 0 Å². The van der Waals surface area contributed by atoms with E-state index < -0.39 is 18.2 Å². The van der Waals surface area contributed by atoms with Crippen LogP contribution in [0.1, 0.15) is 219 Å². The van der Waals surface area contributed by atoms with Crippen LogP contribution in [0.3, 0.4) is 0 Å². The Kier molecular flexibility index (Phi) is 36.2. The van der Waals surface area contributed by atoms with Crippen LogP contribution in [0.2, 0.25) is 0 Å². The first-order valence-electron chi connectivity index (χ1n) is 20.5. The molecule has 4 N–H and O–H groups in total. The molecule has 0 heterocycles. The van der Waals surface area contributed by atoms with Gasteiger partial charge in [0.1, 0.15) is 6.10 Å². The topological polar surface area (TPSA) is 89.8 Å². The van der Waals surface area contributed by atoms with Crippen LogP contribution in [0.15, 0.2) is 12.2 Å². The van der Waals surface area contributed by atoms with Gasteiger partial charge in [0.05, 0.1) is 18.8 Å². The van der Waals surface area contributed by atoms with Crippen molar-refractivity contribution in [3.05, 3.63) is 12.2 Å². The molecule has 0 rings (SSSR count). The van der Waals surface area contributed by atoms with E-state index in [0.717, 1.165) is 38.5 Å². The lowest BCUT2D eigenvalue weighted by Crippen LogP contribution is -2.50. The molecule has 0 aliphatic carbocycles. The zero-order valence-corrected chi connectivity index (χ0v) is 31.0. The number of hydrogen-bond donors (Lipinski definition) is 4. The monoisotopic (exact) mass is 652 g/mol. The Hall–Kier alpha value is -0.910. The molecule has 0 saturated carbocycles. The second-order valence-corrected chi connectivity index (χ2v) is 14.2. The van der Waals surface area contributed by atoms with Gasteiger partial charge in [0.2, 0.25) is 5.91 Å². The van der Waals surface area contributed by atoms with E-state index in [1.807, 2.05) is 0 Å². The molecule has 1 amide bonds. The van der Waals surface area contributed by atoms with Crippen LogP contribution in [-0.2, 0) is 4.79 Å². The summed E-state index contributed by atoms with van der Waals surface area (Å²) in [6.45, 7) is 4.17. The van der Waals surface area contributed by atoms with Crippen LogP contribution in [-0.4, -0.2) is 46.1 Å². The minimum absolute atomic E-state index is 0.148. The first-order chi connectivity index (χ1) is 22.6. The maximum absolute atomic E-state index is 12.4. The molecule has 0 aromatic heterocycles. The highest BCUT2D eigenvalue weighted by Crippen LogP contribution is 2.16. The average Bonchev–Trinajstić information content (AvgIpc) is 3.06. The summed E-state index contributed by atoms with van der Waals surface area (Å²) in [5, 5.41) is 33.5. The number of carbonyl (C=O) groups excluding carboxylic acids is 1. The fraction of sp³-hybridized carbons (Fsp3) is 0.927. The third-order valence-corrected chi connectivity index (χ3v) is 9.62. The second-order valence-electron chi connectivity index (χ2n) is 14.2. The summed E-state index contributed by atoms with van der Waals surface area (Å²) in [7, 11) is 0. The number of carbonyl (C=O) groups is 1. The molecule has 0 aliphatic rings. The smallest absolute Gasteiger partial charge is 0.220 e. The maximum atomic E-state index is 12.4. The van der Waals surface area contributed by atoms with Crippen molar-refractivity contribution in [2.75, 3.05) is 6.61 Å². The molecule has 0 bridgehead atoms. The lowest BCUT2D eigenvalue weighted by Gasteiger charge is -2.26. The summed E-state index contributed by atoms with van der Waals surface area (Å²) in [5.41, 5.74) is 0. The third-order valence-electron chi connectivity index (χ3n) is 9.62. The van der Waals surface area contributed by atoms with Gasteiger partial charge in [0, 0.05) is 6.42 Å². The fourth-order valence-corrected chi connectivity index (χ4v) is 6.39. The van der Waals surface area contributed by atoms with E-state index in [1.54, 1.807) is 0 Å². The number of aliphatic hydroxyl groups excluding tert-OH is 3. The Morgan fingerprint density at radius 1 is 0.522 bits per heavy atom. The highest BCUT2D eigenvalue weighted by molar-refractivity contribution is 5.76. The van der Waals surface area contributed by atoms with Crippen molar-refractivity contribution in [3.63, 3.8) is 0 Å². The van der Waals surface area contributed by atoms with Gasteiger partial charge in [0.25, 0.3) is 0 Å². The molecule has 0 aliphatic heterocycles. The summed E-state index contributed by atoms with van der Waals surface area (Å²) in [6.07, 6.45) is 41.6. The van der Waals surface area contributed by atoms with Gasteiger partial charge in [-0.3, -0.25) is 4.79 Å². The molecule has 3 atom stereocenters. The van der Waals surface area contributed by atoms with Crippen molar-refractivity contribution >= 4 is 5.91 Å². The van der Waals surface area contributed by atoms with Gasteiger partial charge in [-0.1, -0.05) is 187 Å². The van der Waals surface area contributed by atoms with E-state index in [-0.39, 0.29) is 12.5 Å². The molecule has 0 spiro atoms. The van der Waals surface area contributed by atoms with E-state index >= 15 is 0 Å². The van der Waals surface area contributed by atoms with Crippen LogP contribution in [0.4, 0.5) is 0 Å². The molecular weight excluding hydrogens is 570 g/mol. The maximum Gasteiger partial charge on any atom is 0.220 e. The predicted octanol–water partition coefficient (Wildman–Crippen LogP) is 11.3. The van der Waals surface area contributed by atoms with Gasteiger partial charge < -0.3 is 20.6 Å². The first-order valence-corrected chi connectivity index (χ1v) is 20.5. The number of nitrogens with one attached hydrogen (secondary N) is 1. The van der Waals surface area contributed by atoms with Crippen LogP contribution < -0.4 is 5.32 Å². The highest BCUT2D eigenvalue weighted by atomic mass is 16.3. The molecule has 0 fully saturated rings. The Bertz CT molecular complexity index is 640. The molecular formula is C41H81NO4. The van der Waals surface area contributed by atoms with Crippen molar-refractivity contribution in [1.82, 2.24) is 5.32 Å². The molecule has 274 valence electrons. The second kappa shape index (κ2) is 36.9. The van der Waals surface area contributed by atoms with E-state index in [4.69, 9.17) is 0 Å². The summed E-state index contributed by atoms with van der Waals surface area (Å²) in [6, 6.07) is -0.807. The number of unbranched alkanes of at least 4 members (excludes halogenated alkanes) is 27. The van der Waals surface area contributed by atoms with Crippen LogP contribution in [0.5, 0.6) is 0 Å². The number of rotatable bonds is 37. The normalized spacial score (nSPS) is 13.8. The van der Waals surface area contributed by atoms with Gasteiger partial charge in [-0.05, 0) is 38.5 Å². The Balaban J connectivity index is 3.65. The first kappa shape index (κ1) is 45.1. The van der Waals surface area contributed by atoms with Crippen molar-refractivity contribution in [2.45, 2.75) is 238 Å². The largest absolute Gasteiger partial charge is 0.394 e. The summed E-state index contributed by atoms with van der Waals surface area (Å²) >= 11 is 0.